The second-order valence-corrected chi connectivity index (χ2v) is 2.03. The maximum atomic E-state index is 10.5. The van der Waals surface area contributed by atoms with Crippen LogP contribution in [0.15, 0.2) is 15.4 Å². The quantitative estimate of drug-likeness (QED) is 0.552. The zero-order valence-electron chi connectivity index (χ0n) is 5.29. The van der Waals surface area contributed by atoms with Crippen LogP contribution >= 0.6 is 0 Å². The van der Waals surface area contributed by atoms with Gasteiger partial charge in [0.15, 0.2) is 5.58 Å². The van der Waals surface area contributed by atoms with Crippen LogP contribution in [-0.2, 0) is 7.05 Å². The Kier molecular flexibility index (Phi) is 0.791. The summed E-state index contributed by atoms with van der Waals surface area (Å²) in [6, 6.07) is 0. The standard InChI is InChI=1S/C5H5N3O2/c1-8-2-3-4(7-8)6-5(9)10-3/h2H,1H3,(H,6,7,9). The highest BCUT2D eigenvalue weighted by Crippen LogP contribution is 2.03. The molecule has 0 atom stereocenters. The van der Waals surface area contributed by atoms with Gasteiger partial charge in [-0.05, 0) is 0 Å². The largest absolute Gasteiger partial charge is 0.418 e. The molecular formula is C5H5N3O2. The molecule has 1 N–H and O–H groups in total. The van der Waals surface area contributed by atoms with Crippen LogP contribution in [0.5, 0.6) is 0 Å². The van der Waals surface area contributed by atoms with Crippen LogP contribution in [0, 0.1) is 0 Å². The molecule has 0 aliphatic rings. The summed E-state index contributed by atoms with van der Waals surface area (Å²) in [6.45, 7) is 0. The normalized spacial score (nSPS) is 10.9. The molecule has 2 aromatic rings. The van der Waals surface area contributed by atoms with Crippen molar-refractivity contribution in [2.24, 2.45) is 7.05 Å². The number of oxazole rings is 1. The molecule has 0 saturated heterocycles. The second kappa shape index (κ2) is 1.50. The van der Waals surface area contributed by atoms with Crippen molar-refractivity contribution >= 4 is 11.2 Å². The van der Waals surface area contributed by atoms with Crippen molar-refractivity contribution in [1.82, 2.24) is 14.8 Å². The third-order valence-corrected chi connectivity index (χ3v) is 1.22. The number of aryl methyl sites for hydroxylation is 1. The summed E-state index contributed by atoms with van der Waals surface area (Å²) in [6.07, 6.45) is 1.63. The van der Waals surface area contributed by atoms with E-state index in [2.05, 4.69) is 10.1 Å². The SMILES string of the molecule is Cn1cc2oc(=O)[nH]c2n1. The van der Waals surface area contributed by atoms with E-state index < -0.39 is 5.76 Å². The van der Waals surface area contributed by atoms with E-state index in [4.69, 9.17) is 4.42 Å². The summed E-state index contributed by atoms with van der Waals surface area (Å²) in [4.78, 5) is 12.9. The fraction of sp³-hybridized carbons (Fsp3) is 0.200. The first-order valence-electron chi connectivity index (χ1n) is 2.78. The zero-order chi connectivity index (χ0) is 7.14. The van der Waals surface area contributed by atoms with Crippen LogP contribution in [0.25, 0.3) is 11.2 Å². The summed E-state index contributed by atoms with van der Waals surface area (Å²) in [5.74, 6) is -0.460. The average molecular weight is 139 g/mol. The molecule has 2 heterocycles. The molecule has 2 rings (SSSR count). The topological polar surface area (TPSA) is 63.8 Å². The van der Waals surface area contributed by atoms with Gasteiger partial charge in [-0.3, -0.25) is 9.67 Å². The van der Waals surface area contributed by atoms with Crippen molar-refractivity contribution in [2.75, 3.05) is 0 Å². The number of aromatic amines is 1. The Bertz CT molecular complexity index is 373. The van der Waals surface area contributed by atoms with E-state index in [1.54, 1.807) is 17.9 Å². The lowest BCUT2D eigenvalue weighted by Gasteiger charge is -1.78. The fourth-order valence-electron chi connectivity index (χ4n) is 0.850. The first-order chi connectivity index (χ1) is 4.75. The lowest BCUT2D eigenvalue weighted by molar-refractivity contribution is 0.551. The van der Waals surface area contributed by atoms with Crippen molar-refractivity contribution in [3.63, 3.8) is 0 Å². The Hall–Kier alpha value is -1.52. The summed E-state index contributed by atoms with van der Waals surface area (Å²) in [7, 11) is 1.76. The maximum Gasteiger partial charge on any atom is 0.418 e. The number of fused-ring (bicyclic) bond motifs is 1. The van der Waals surface area contributed by atoms with Gasteiger partial charge in [0.1, 0.15) is 0 Å². The first-order valence-corrected chi connectivity index (χ1v) is 2.78. The van der Waals surface area contributed by atoms with E-state index in [9.17, 15) is 4.79 Å². The van der Waals surface area contributed by atoms with Gasteiger partial charge >= 0.3 is 5.76 Å². The molecule has 0 aromatic carbocycles. The van der Waals surface area contributed by atoms with E-state index in [1.807, 2.05) is 0 Å². The van der Waals surface area contributed by atoms with Crippen LogP contribution in [0.2, 0.25) is 0 Å². The number of rotatable bonds is 0. The fourth-order valence-corrected chi connectivity index (χ4v) is 0.850. The van der Waals surface area contributed by atoms with Crippen molar-refractivity contribution in [1.29, 1.82) is 0 Å². The van der Waals surface area contributed by atoms with E-state index >= 15 is 0 Å². The monoisotopic (exact) mass is 139 g/mol. The van der Waals surface area contributed by atoms with Gasteiger partial charge in [0.25, 0.3) is 0 Å². The Balaban J connectivity index is 2.95. The molecule has 0 aliphatic carbocycles. The van der Waals surface area contributed by atoms with Crippen LogP contribution in [0.3, 0.4) is 0 Å². The van der Waals surface area contributed by atoms with Gasteiger partial charge in [0.05, 0.1) is 6.20 Å². The van der Waals surface area contributed by atoms with Crippen LogP contribution in [0.4, 0.5) is 0 Å². The molecule has 0 saturated carbocycles. The van der Waals surface area contributed by atoms with E-state index in [0.717, 1.165) is 0 Å². The molecule has 5 nitrogen and oxygen atoms in total. The van der Waals surface area contributed by atoms with Crippen LogP contribution in [-0.4, -0.2) is 14.8 Å². The van der Waals surface area contributed by atoms with Gasteiger partial charge in [-0.15, -0.1) is 0 Å². The summed E-state index contributed by atoms with van der Waals surface area (Å²) in [5.41, 5.74) is 0.986. The van der Waals surface area contributed by atoms with Crippen LogP contribution < -0.4 is 5.76 Å². The van der Waals surface area contributed by atoms with Gasteiger partial charge in [0, 0.05) is 7.05 Å². The van der Waals surface area contributed by atoms with Gasteiger partial charge in [-0.25, -0.2) is 4.79 Å². The Morgan fingerprint density at radius 2 is 2.60 bits per heavy atom. The highest BCUT2D eigenvalue weighted by atomic mass is 16.4. The van der Waals surface area contributed by atoms with E-state index in [0.29, 0.717) is 11.2 Å². The smallest absolute Gasteiger partial charge is 0.404 e. The molecule has 0 fully saturated rings. The lowest BCUT2D eigenvalue weighted by atomic mass is 10.7. The molecule has 2 aromatic heterocycles. The number of nitrogens with zero attached hydrogens (tertiary/aromatic N) is 2. The molecular weight excluding hydrogens is 134 g/mol. The molecule has 10 heavy (non-hydrogen) atoms. The molecule has 0 radical (unpaired) electrons. The number of aromatic nitrogens is 3. The molecule has 52 valence electrons. The van der Waals surface area contributed by atoms with Gasteiger partial charge in [-0.2, -0.15) is 5.10 Å². The Morgan fingerprint density at radius 1 is 1.80 bits per heavy atom. The highest BCUT2D eigenvalue weighted by molar-refractivity contribution is 5.65. The predicted molar refractivity (Wildman–Crippen MR) is 33.6 cm³/mol. The van der Waals surface area contributed by atoms with Crippen molar-refractivity contribution in [3.05, 3.63) is 16.7 Å². The summed E-state index contributed by atoms with van der Waals surface area (Å²) >= 11 is 0. The van der Waals surface area contributed by atoms with E-state index in [-0.39, 0.29) is 0 Å². The van der Waals surface area contributed by atoms with Crippen molar-refractivity contribution < 1.29 is 4.42 Å². The van der Waals surface area contributed by atoms with Crippen LogP contribution in [0.1, 0.15) is 0 Å². The minimum Gasteiger partial charge on any atom is -0.404 e. The van der Waals surface area contributed by atoms with Gasteiger partial charge < -0.3 is 4.42 Å². The predicted octanol–water partition coefficient (Wildman–Crippen LogP) is -0.145. The molecule has 0 aliphatic heterocycles. The minimum absolute atomic E-state index is 0.460. The average Bonchev–Trinajstić information content (AvgIpc) is 2.21. The first kappa shape index (κ1) is 5.28. The van der Waals surface area contributed by atoms with Crippen molar-refractivity contribution in [2.45, 2.75) is 0 Å². The number of H-pyrrole nitrogens is 1. The molecule has 0 spiro atoms. The summed E-state index contributed by atoms with van der Waals surface area (Å²) < 4.78 is 6.27. The highest BCUT2D eigenvalue weighted by Gasteiger charge is 2.02. The second-order valence-electron chi connectivity index (χ2n) is 2.03. The van der Waals surface area contributed by atoms with Gasteiger partial charge in [-0.1, -0.05) is 0 Å². The van der Waals surface area contributed by atoms with E-state index in [1.165, 1.54) is 0 Å². The third kappa shape index (κ3) is 0.570. The molecule has 0 amide bonds. The maximum absolute atomic E-state index is 10.5. The number of hydrogen-bond donors (Lipinski definition) is 1. The van der Waals surface area contributed by atoms with Crippen molar-refractivity contribution in [3.8, 4) is 0 Å². The minimum atomic E-state index is -0.460. The number of nitrogens with one attached hydrogen (secondary N) is 1. The third-order valence-electron chi connectivity index (χ3n) is 1.22. The molecule has 0 unspecified atom stereocenters. The Labute approximate surface area is 55.3 Å². The lowest BCUT2D eigenvalue weighted by Crippen LogP contribution is -1.96. The molecule has 0 bridgehead atoms. The summed E-state index contributed by atoms with van der Waals surface area (Å²) in [5, 5.41) is 3.90. The zero-order valence-corrected chi connectivity index (χ0v) is 5.29. The molecule has 5 heteroatoms. The Morgan fingerprint density at radius 3 is 3.30 bits per heavy atom. The van der Waals surface area contributed by atoms with Gasteiger partial charge in [0.2, 0.25) is 5.65 Å². The number of hydrogen-bond acceptors (Lipinski definition) is 3.